The molecule has 0 aliphatic carbocycles. The van der Waals surface area contributed by atoms with Crippen LogP contribution in [0.15, 0.2) is 72.8 Å². The average Bonchev–Trinajstić information content (AvgIpc) is 2.71. The molecule has 1 heterocycles. The molecule has 3 aromatic carbocycles. The van der Waals surface area contributed by atoms with Crippen molar-refractivity contribution in [2.24, 2.45) is 0 Å². The lowest BCUT2D eigenvalue weighted by Crippen LogP contribution is -2.24. The Morgan fingerprint density at radius 2 is 1.48 bits per heavy atom. The van der Waals surface area contributed by atoms with E-state index >= 15 is 0 Å². The number of hydrogen-bond acceptors (Lipinski definition) is 3. The van der Waals surface area contributed by atoms with Crippen molar-refractivity contribution in [1.82, 2.24) is 0 Å². The van der Waals surface area contributed by atoms with Gasteiger partial charge in [0.05, 0.1) is 0 Å². The molecule has 0 fully saturated rings. The van der Waals surface area contributed by atoms with E-state index in [0.29, 0.717) is 11.7 Å². The smallest absolute Gasteiger partial charge is 0.323 e. The van der Waals surface area contributed by atoms with E-state index in [1.165, 1.54) is 5.56 Å². The molecule has 3 aromatic rings. The number of anilines is 2. The van der Waals surface area contributed by atoms with Crippen LogP contribution in [0.25, 0.3) is 0 Å². The van der Waals surface area contributed by atoms with Crippen LogP contribution in [0.4, 0.5) is 11.4 Å². The molecule has 1 N–H and O–H groups in total. The molecule has 1 aliphatic heterocycles. The van der Waals surface area contributed by atoms with Crippen LogP contribution in [0.5, 0.6) is 5.75 Å². The summed E-state index contributed by atoms with van der Waals surface area (Å²) in [5.74, 6) is 0.388. The fourth-order valence-corrected chi connectivity index (χ4v) is 3.57. The Hall–Kier alpha value is -3.07. The van der Waals surface area contributed by atoms with Gasteiger partial charge in [0.1, 0.15) is 11.7 Å². The van der Waals surface area contributed by atoms with E-state index in [1.807, 2.05) is 72.8 Å². The number of rotatable bonds is 4. The molecule has 27 heavy (non-hydrogen) atoms. The molecule has 0 bridgehead atoms. The number of ether oxygens (including phenoxy) is 1. The zero-order valence-electron chi connectivity index (χ0n) is 15.6. The van der Waals surface area contributed by atoms with Crippen LogP contribution in [-0.4, -0.2) is 5.97 Å². The number of carbonyl (C=O) groups is 1. The third kappa shape index (κ3) is 3.33. The topological polar surface area (TPSA) is 38.3 Å². The predicted octanol–water partition coefficient (Wildman–Crippen LogP) is 5.99. The van der Waals surface area contributed by atoms with Gasteiger partial charge in [-0.2, -0.15) is 0 Å². The van der Waals surface area contributed by atoms with Gasteiger partial charge >= 0.3 is 5.97 Å². The minimum absolute atomic E-state index is 0.257. The van der Waals surface area contributed by atoms with Crippen LogP contribution in [0.2, 0.25) is 0 Å². The predicted molar refractivity (Wildman–Crippen MR) is 109 cm³/mol. The average molecular weight is 357 g/mol. The Bertz CT molecular complexity index is 917. The molecule has 0 aromatic heterocycles. The van der Waals surface area contributed by atoms with Gasteiger partial charge in [-0.05, 0) is 53.3 Å². The van der Waals surface area contributed by atoms with Crippen molar-refractivity contribution in [1.29, 1.82) is 0 Å². The first-order chi connectivity index (χ1) is 13.2. The lowest BCUT2D eigenvalue weighted by molar-refractivity contribution is -0.135. The quantitative estimate of drug-likeness (QED) is 0.460. The minimum Gasteiger partial charge on any atom is -0.426 e. The van der Waals surface area contributed by atoms with Crippen LogP contribution >= 0.6 is 0 Å². The summed E-state index contributed by atoms with van der Waals surface area (Å²) < 4.78 is 5.77. The Balaban J connectivity index is 1.64. The van der Waals surface area contributed by atoms with Gasteiger partial charge in [-0.3, -0.25) is 4.79 Å². The van der Waals surface area contributed by atoms with E-state index in [0.717, 1.165) is 28.9 Å². The molecule has 136 valence electrons. The summed E-state index contributed by atoms with van der Waals surface area (Å²) in [6, 6.07) is 23.7. The first-order valence-electron chi connectivity index (χ1n) is 9.44. The van der Waals surface area contributed by atoms with Crippen molar-refractivity contribution < 1.29 is 9.53 Å². The van der Waals surface area contributed by atoms with Gasteiger partial charge in [-0.15, -0.1) is 0 Å². The molecular formula is C24H23NO2. The van der Waals surface area contributed by atoms with Crippen molar-refractivity contribution in [3.05, 3.63) is 89.5 Å². The Morgan fingerprint density at radius 1 is 0.926 bits per heavy atom. The molecule has 0 spiro atoms. The van der Waals surface area contributed by atoms with E-state index in [2.05, 4.69) is 19.2 Å². The summed E-state index contributed by atoms with van der Waals surface area (Å²) in [7, 11) is 0. The molecule has 1 aliphatic rings. The van der Waals surface area contributed by atoms with Crippen LogP contribution < -0.4 is 10.1 Å². The van der Waals surface area contributed by atoms with Gasteiger partial charge < -0.3 is 10.1 Å². The maximum Gasteiger partial charge on any atom is 0.323 e. The Labute approximate surface area is 160 Å². The summed E-state index contributed by atoms with van der Waals surface area (Å²) in [5, 5.41) is 3.41. The normalized spacial score (nSPS) is 13.9. The summed E-state index contributed by atoms with van der Waals surface area (Å²) in [5.41, 5.74) is 5.04. The summed E-state index contributed by atoms with van der Waals surface area (Å²) in [6.45, 7) is 4.37. The highest BCUT2D eigenvalue weighted by Gasteiger charge is 2.32. The highest BCUT2D eigenvalue weighted by molar-refractivity contribution is 5.91. The van der Waals surface area contributed by atoms with Crippen molar-refractivity contribution in [3.8, 4) is 5.75 Å². The molecule has 0 amide bonds. The van der Waals surface area contributed by atoms with Gasteiger partial charge in [-0.25, -0.2) is 0 Å². The molecule has 3 nitrogen and oxygen atoms in total. The van der Waals surface area contributed by atoms with Crippen molar-refractivity contribution in [2.45, 2.75) is 32.1 Å². The molecule has 1 unspecified atom stereocenters. The Kier molecular flexibility index (Phi) is 4.68. The summed E-state index contributed by atoms with van der Waals surface area (Å²) in [6.07, 6.45) is 1.09. The molecule has 0 radical (unpaired) electrons. The summed E-state index contributed by atoms with van der Waals surface area (Å²) in [4.78, 5) is 13.1. The van der Waals surface area contributed by atoms with Gasteiger partial charge in [-0.1, -0.05) is 62.4 Å². The van der Waals surface area contributed by atoms with Crippen molar-refractivity contribution in [3.63, 3.8) is 0 Å². The van der Waals surface area contributed by atoms with Gasteiger partial charge in [0.15, 0.2) is 0 Å². The molecule has 3 heteroatoms. The van der Waals surface area contributed by atoms with Crippen molar-refractivity contribution >= 4 is 17.3 Å². The van der Waals surface area contributed by atoms with E-state index in [-0.39, 0.29) is 5.97 Å². The van der Waals surface area contributed by atoms with E-state index in [1.54, 1.807) is 0 Å². The molecular weight excluding hydrogens is 334 g/mol. The zero-order chi connectivity index (χ0) is 18.8. The minimum atomic E-state index is -0.437. The number of esters is 1. The SMILES string of the molecule is CCC(C)c1ccc(OC(=O)C2c3ccccc3Nc3ccccc32)cc1. The van der Waals surface area contributed by atoms with Crippen LogP contribution in [0, 0.1) is 0 Å². The Morgan fingerprint density at radius 3 is 2.04 bits per heavy atom. The van der Waals surface area contributed by atoms with Crippen LogP contribution in [0.3, 0.4) is 0 Å². The van der Waals surface area contributed by atoms with Crippen LogP contribution in [0.1, 0.15) is 48.8 Å². The van der Waals surface area contributed by atoms with E-state index < -0.39 is 5.92 Å². The van der Waals surface area contributed by atoms with E-state index in [4.69, 9.17) is 4.74 Å². The third-order valence-electron chi connectivity index (χ3n) is 5.33. The third-order valence-corrected chi connectivity index (χ3v) is 5.33. The fraction of sp³-hybridized carbons (Fsp3) is 0.208. The monoisotopic (exact) mass is 357 g/mol. The molecule has 1 atom stereocenters. The lowest BCUT2D eigenvalue weighted by atomic mass is 9.86. The molecule has 4 rings (SSSR count). The first kappa shape index (κ1) is 17.3. The second-order valence-electron chi connectivity index (χ2n) is 7.03. The highest BCUT2D eigenvalue weighted by Crippen LogP contribution is 2.41. The van der Waals surface area contributed by atoms with E-state index in [9.17, 15) is 4.79 Å². The maximum atomic E-state index is 13.1. The lowest BCUT2D eigenvalue weighted by Gasteiger charge is -2.28. The highest BCUT2D eigenvalue weighted by atomic mass is 16.5. The number of para-hydroxylation sites is 2. The number of carbonyl (C=O) groups excluding carboxylic acids is 1. The molecule has 0 saturated carbocycles. The number of nitrogens with one attached hydrogen (secondary N) is 1. The largest absolute Gasteiger partial charge is 0.426 e. The summed E-state index contributed by atoms with van der Waals surface area (Å²) >= 11 is 0. The standard InChI is InChI=1S/C24H23NO2/c1-3-16(2)17-12-14-18(15-13-17)27-24(26)23-19-8-4-6-10-21(19)25-22-11-7-5-9-20(22)23/h4-16,23,25H,3H2,1-2H3. The number of hydrogen-bond donors (Lipinski definition) is 1. The number of fused-ring (bicyclic) bond motifs is 2. The zero-order valence-corrected chi connectivity index (χ0v) is 15.6. The second kappa shape index (κ2) is 7.28. The second-order valence-corrected chi connectivity index (χ2v) is 7.03. The van der Waals surface area contributed by atoms with Crippen LogP contribution in [-0.2, 0) is 4.79 Å². The number of benzene rings is 3. The van der Waals surface area contributed by atoms with Gasteiger partial charge in [0.25, 0.3) is 0 Å². The van der Waals surface area contributed by atoms with Gasteiger partial charge in [0, 0.05) is 11.4 Å². The maximum absolute atomic E-state index is 13.1. The van der Waals surface area contributed by atoms with Gasteiger partial charge in [0.2, 0.25) is 0 Å². The first-order valence-corrected chi connectivity index (χ1v) is 9.44. The van der Waals surface area contributed by atoms with Crippen molar-refractivity contribution in [2.75, 3.05) is 5.32 Å². The molecule has 0 saturated heterocycles. The fourth-order valence-electron chi connectivity index (χ4n) is 3.57.